The van der Waals surface area contributed by atoms with Gasteiger partial charge in [0.25, 0.3) is 0 Å². The van der Waals surface area contributed by atoms with Crippen molar-refractivity contribution in [3.05, 3.63) is 280 Å². The van der Waals surface area contributed by atoms with Gasteiger partial charge in [-0.3, -0.25) is 0 Å². The highest BCUT2D eigenvalue weighted by Crippen LogP contribution is 2.65. The van der Waals surface area contributed by atoms with Crippen molar-refractivity contribution >= 4 is 34.0 Å². The number of hydrogen-bond acceptors (Lipinski definition) is 1. The summed E-state index contributed by atoms with van der Waals surface area (Å²) < 4.78 is 0. The van der Waals surface area contributed by atoms with Crippen LogP contribution in [0.4, 0.5) is 0 Å². The van der Waals surface area contributed by atoms with E-state index < -0.39 is 5.41 Å². The van der Waals surface area contributed by atoms with E-state index in [1.165, 1.54) is 55.7 Å². The first-order valence-corrected chi connectivity index (χ1v) is 21.3. The lowest BCUT2D eigenvalue weighted by molar-refractivity contribution is 0.841. The van der Waals surface area contributed by atoms with E-state index in [0.29, 0.717) is 11.5 Å². The van der Waals surface area contributed by atoms with Crippen molar-refractivity contribution in [2.24, 2.45) is 9.98 Å². The zero-order chi connectivity index (χ0) is 41.6. The highest BCUT2D eigenvalue weighted by molar-refractivity contribution is 6.14. The van der Waals surface area contributed by atoms with Crippen molar-refractivity contribution in [2.75, 3.05) is 0 Å². The molecule has 292 valence electrons. The topological polar surface area (TPSA) is 24.7 Å². The molecule has 0 radical (unpaired) electrons. The van der Waals surface area contributed by atoms with Crippen molar-refractivity contribution in [2.45, 2.75) is 18.8 Å². The van der Waals surface area contributed by atoms with Gasteiger partial charge in [-0.25, -0.2) is 9.98 Å². The number of rotatable bonds is 6. The van der Waals surface area contributed by atoms with Crippen LogP contribution in [0.2, 0.25) is 0 Å². The molecule has 0 saturated carbocycles. The Morgan fingerprint density at radius 2 is 0.968 bits per heavy atom. The zero-order valence-electron chi connectivity index (χ0n) is 34.5. The summed E-state index contributed by atoms with van der Waals surface area (Å²) in [5, 5.41) is 0. The van der Waals surface area contributed by atoms with E-state index in [-0.39, 0.29) is 0 Å². The average Bonchev–Trinajstić information content (AvgIpc) is 3.79. The molecule has 0 N–H and O–H groups in total. The predicted molar refractivity (Wildman–Crippen MR) is 259 cm³/mol. The fourth-order valence-electron chi connectivity index (χ4n) is 10.0. The molecular weight excluding hydrogens is 749 g/mol. The molecule has 0 atom stereocenters. The van der Waals surface area contributed by atoms with Crippen molar-refractivity contribution in [3.63, 3.8) is 0 Å². The summed E-state index contributed by atoms with van der Waals surface area (Å²) in [4.78, 5) is 10.2. The molecule has 2 nitrogen and oxygen atoms in total. The van der Waals surface area contributed by atoms with Crippen LogP contribution in [-0.2, 0) is 5.41 Å². The maximum absolute atomic E-state index is 5.14. The molecule has 0 heterocycles. The van der Waals surface area contributed by atoms with Gasteiger partial charge in [0.1, 0.15) is 0 Å². The summed E-state index contributed by atoms with van der Waals surface area (Å²) in [6, 6.07) is 73.9. The van der Waals surface area contributed by atoms with Crippen LogP contribution in [0.1, 0.15) is 69.0 Å². The van der Waals surface area contributed by atoms with Gasteiger partial charge in [0.2, 0.25) is 0 Å². The highest BCUT2D eigenvalue weighted by atomic mass is 14.9. The lowest BCUT2D eigenvalue weighted by atomic mass is 9.66. The molecule has 0 aliphatic heterocycles. The van der Waals surface area contributed by atoms with Gasteiger partial charge in [0.05, 0.1) is 11.1 Å². The average molecular weight is 791 g/mol. The van der Waals surface area contributed by atoms with Gasteiger partial charge >= 0.3 is 0 Å². The van der Waals surface area contributed by atoms with E-state index in [4.69, 9.17) is 9.98 Å². The second-order valence-corrected chi connectivity index (χ2v) is 16.2. The van der Waals surface area contributed by atoms with Gasteiger partial charge in [0, 0.05) is 16.8 Å². The summed E-state index contributed by atoms with van der Waals surface area (Å²) in [7, 11) is 0. The van der Waals surface area contributed by atoms with Crippen molar-refractivity contribution in [1.29, 1.82) is 0 Å². The van der Waals surface area contributed by atoms with Crippen LogP contribution in [0.25, 0.3) is 44.7 Å². The van der Waals surface area contributed by atoms with Gasteiger partial charge < -0.3 is 0 Å². The molecule has 62 heavy (non-hydrogen) atoms. The molecule has 0 amide bonds. The molecule has 3 aliphatic carbocycles. The number of benzene rings is 8. The first-order valence-electron chi connectivity index (χ1n) is 21.3. The second-order valence-electron chi connectivity index (χ2n) is 16.2. The molecule has 8 aromatic carbocycles. The fourth-order valence-corrected chi connectivity index (χ4v) is 10.0. The van der Waals surface area contributed by atoms with Gasteiger partial charge in [-0.2, -0.15) is 0 Å². The van der Waals surface area contributed by atoms with Gasteiger partial charge in [-0.15, -0.1) is 5.73 Å². The Balaban J connectivity index is 1.03. The summed E-state index contributed by atoms with van der Waals surface area (Å²) in [6.07, 6.45) is 3.03. The normalized spacial score (nSPS) is 14.6. The monoisotopic (exact) mass is 790 g/mol. The van der Waals surface area contributed by atoms with E-state index in [9.17, 15) is 0 Å². The maximum Gasteiger partial charge on any atom is 0.160 e. The van der Waals surface area contributed by atoms with Gasteiger partial charge in [-0.05, 0) is 115 Å². The summed E-state index contributed by atoms with van der Waals surface area (Å²) in [5.41, 5.74) is 25.4. The molecule has 0 bridgehead atoms. The quantitative estimate of drug-likeness (QED) is 0.0910. The van der Waals surface area contributed by atoms with Crippen LogP contribution in [0, 0.1) is 0 Å². The third kappa shape index (κ3) is 6.04. The Hall–Kier alpha value is -7.90. The number of fused-ring (bicyclic) bond motifs is 11. The molecule has 11 rings (SSSR count). The SMILES string of the molecule is C=C(/N=C(\N=C(/C)c1ccccc1)c1cccc(-c2cccc(C3=C=CCC4=C(c5ccccc53)C3(c5ccccc54)c4ccccc4-c4ccccc43)c2)c1)c1ccccc1. The van der Waals surface area contributed by atoms with Crippen LogP contribution < -0.4 is 0 Å². The highest BCUT2D eigenvalue weighted by Gasteiger charge is 2.53. The predicted octanol–water partition coefficient (Wildman–Crippen LogP) is 14.5. The minimum Gasteiger partial charge on any atom is -0.233 e. The van der Waals surface area contributed by atoms with Crippen LogP contribution in [0.15, 0.2) is 235 Å². The minimum atomic E-state index is -0.444. The standard InChI is InChI=1S/C60H42N2/c1-40(42-20-5-3-6-21-42)61-59(62-41(2)43-22-7-4-8-23-43)47-27-18-25-45(39-47)44-24-17-26-46(38-44)48-33-19-34-54-52-31-13-16-37-57(52)60(58(54)53-32-10-9-28-49(48)53)55-35-14-11-29-50(55)51-30-12-15-36-56(51)60/h3-32,35-39H,1,34H2,2H3/b61-59-,62-41+. The van der Waals surface area contributed by atoms with E-state index in [0.717, 1.165) is 51.1 Å². The summed E-state index contributed by atoms with van der Waals surface area (Å²) >= 11 is 0. The first kappa shape index (κ1) is 37.1. The molecule has 1 spiro atoms. The lowest BCUT2D eigenvalue weighted by Gasteiger charge is -2.34. The van der Waals surface area contributed by atoms with Crippen molar-refractivity contribution in [1.82, 2.24) is 0 Å². The number of nitrogens with zero attached hydrogens (tertiary/aromatic N) is 2. The lowest BCUT2D eigenvalue weighted by Crippen LogP contribution is -2.27. The maximum atomic E-state index is 5.14. The third-order valence-corrected chi connectivity index (χ3v) is 12.7. The van der Waals surface area contributed by atoms with Gasteiger partial charge in [-0.1, -0.05) is 201 Å². The zero-order valence-corrected chi connectivity index (χ0v) is 34.5. The Bertz CT molecular complexity index is 3220. The number of hydrogen-bond donors (Lipinski definition) is 0. The largest absolute Gasteiger partial charge is 0.233 e. The van der Waals surface area contributed by atoms with Crippen LogP contribution in [-0.4, -0.2) is 11.5 Å². The van der Waals surface area contributed by atoms with Crippen LogP contribution >= 0.6 is 0 Å². The molecule has 0 saturated heterocycles. The summed E-state index contributed by atoms with van der Waals surface area (Å²) in [6.45, 7) is 6.39. The van der Waals surface area contributed by atoms with Gasteiger partial charge in [0.15, 0.2) is 5.84 Å². The van der Waals surface area contributed by atoms with E-state index in [1.807, 2.05) is 55.5 Å². The van der Waals surface area contributed by atoms with E-state index in [2.05, 4.69) is 176 Å². The van der Waals surface area contributed by atoms with E-state index in [1.54, 1.807) is 0 Å². The molecule has 0 unspecified atom stereocenters. The summed E-state index contributed by atoms with van der Waals surface area (Å²) in [5.74, 6) is 0.614. The molecule has 3 aliphatic rings. The Morgan fingerprint density at radius 1 is 0.468 bits per heavy atom. The molecular formula is C60H42N2. The van der Waals surface area contributed by atoms with Crippen molar-refractivity contribution in [3.8, 4) is 22.3 Å². The molecule has 0 aromatic heterocycles. The Kier molecular flexibility index (Phi) is 9.15. The molecule has 2 heteroatoms. The Morgan fingerprint density at radius 3 is 1.65 bits per heavy atom. The fraction of sp³-hybridized carbons (Fsp3) is 0.0500. The van der Waals surface area contributed by atoms with E-state index >= 15 is 0 Å². The number of amidine groups is 1. The second kappa shape index (κ2) is 15.3. The Labute approximate surface area is 363 Å². The molecule has 8 aromatic rings. The van der Waals surface area contributed by atoms with Crippen molar-refractivity contribution < 1.29 is 0 Å². The third-order valence-electron chi connectivity index (χ3n) is 12.7. The molecule has 0 fully saturated rings. The number of aliphatic imine (C=N–C) groups is 2. The smallest absolute Gasteiger partial charge is 0.160 e. The van der Waals surface area contributed by atoms with Crippen LogP contribution in [0.5, 0.6) is 0 Å². The van der Waals surface area contributed by atoms with Crippen LogP contribution in [0.3, 0.4) is 0 Å². The first-order chi connectivity index (χ1) is 30.6. The number of allylic oxidation sites excluding steroid dienone is 3. The minimum absolute atomic E-state index is 0.444.